The quantitative estimate of drug-likeness (QED) is 0.789. The molecule has 0 saturated carbocycles. The first-order valence-corrected chi connectivity index (χ1v) is 7.57. The van der Waals surface area contributed by atoms with Crippen molar-refractivity contribution in [1.82, 2.24) is 5.32 Å². The number of methoxy groups -OCH3 is 1. The molecule has 1 aromatic carbocycles. The summed E-state index contributed by atoms with van der Waals surface area (Å²) in [6.45, 7) is -1.17. The first-order valence-electron chi connectivity index (χ1n) is 6.69. The zero-order valence-electron chi connectivity index (χ0n) is 12.5. The van der Waals surface area contributed by atoms with Gasteiger partial charge in [-0.1, -0.05) is 6.07 Å². The molecule has 0 spiro atoms. The Morgan fingerprint density at radius 3 is 2.65 bits per heavy atom. The Bertz CT molecular complexity index is 678. The van der Waals surface area contributed by atoms with Gasteiger partial charge in [-0.15, -0.1) is 11.3 Å². The van der Waals surface area contributed by atoms with E-state index in [-0.39, 0.29) is 28.8 Å². The molecule has 0 bridgehead atoms. The molecule has 0 fully saturated rings. The number of thiophene rings is 1. The number of hydrogen-bond acceptors (Lipinski definition) is 5. The lowest BCUT2D eigenvalue weighted by Crippen LogP contribution is -2.27. The summed E-state index contributed by atoms with van der Waals surface area (Å²) in [5.41, 5.74) is 5.93. The van der Waals surface area contributed by atoms with Crippen molar-refractivity contribution < 1.29 is 23.0 Å². The zero-order valence-corrected chi connectivity index (χ0v) is 13.3. The van der Waals surface area contributed by atoms with E-state index in [0.717, 1.165) is 10.9 Å². The molecular weight excluding hydrogens is 326 g/mol. The number of carbonyl (C=O) groups excluding carboxylic acids is 1. The number of halogens is 2. The van der Waals surface area contributed by atoms with Crippen molar-refractivity contribution in [3.05, 3.63) is 40.1 Å². The van der Waals surface area contributed by atoms with Crippen molar-refractivity contribution >= 4 is 22.9 Å². The molecule has 124 valence electrons. The fourth-order valence-corrected chi connectivity index (χ4v) is 2.74. The molecule has 1 unspecified atom stereocenters. The molecule has 0 aliphatic heterocycles. The van der Waals surface area contributed by atoms with Gasteiger partial charge >= 0.3 is 6.61 Å². The maximum Gasteiger partial charge on any atom is 0.387 e. The number of ether oxygens (including phenoxy) is 2. The molecule has 1 heterocycles. The minimum Gasteiger partial charge on any atom is -0.493 e. The van der Waals surface area contributed by atoms with E-state index in [0.29, 0.717) is 0 Å². The molecule has 1 atom stereocenters. The van der Waals surface area contributed by atoms with E-state index < -0.39 is 12.5 Å². The third kappa shape index (κ3) is 4.10. The van der Waals surface area contributed by atoms with Crippen LogP contribution in [0.25, 0.3) is 0 Å². The van der Waals surface area contributed by atoms with Crippen LogP contribution in [0, 0.1) is 0 Å². The van der Waals surface area contributed by atoms with Crippen LogP contribution in [-0.2, 0) is 0 Å². The van der Waals surface area contributed by atoms with Crippen LogP contribution in [-0.4, -0.2) is 19.6 Å². The highest BCUT2D eigenvalue weighted by atomic mass is 32.1. The summed E-state index contributed by atoms with van der Waals surface area (Å²) in [4.78, 5) is 13.3. The Kier molecular flexibility index (Phi) is 5.38. The second-order valence-corrected chi connectivity index (χ2v) is 5.66. The van der Waals surface area contributed by atoms with Crippen molar-refractivity contribution in [3.63, 3.8) is 0 Å². The van der Waals surface area contributed by atoms with Crippen LogP contribution in [0.3, 0.4) is 0 Å². The first-order chi connectivity index (χ1) is 10.9. The summed E-state index contributed by atoms with van der Waals surface area (Å²) in [6, 6.07) is 6.01. The standard InChI is InChI=1S/C15H16F2N2O3S/c1-8(13-4-3-5-23-13)19-14(20)9-6-11(21-2)12(7-10(9)18)22-15(16)17/h3-8,15H,18H2,1-2H3,(H,19,20). The number of nitrogens with one attached hydrogen (secondary N) is 1. The van der Waals surface area contributed by atoms with Gasteiger partial charge in [0.25, 0.3) is 5.91 Å². The number of carbonyl (C=O) groups is 1. The van der Waals surface area contributed by atoms with Gasteiger partial charge in [0.05, 0.1) is 18.7 Å². The van der Waals surface area contributed by atoms with Crippen LogP contribution in [0.5, 0.6) is 11.5 Å². The summed E-state index contributed by atoms with van der Waals surface area (Å²) in [5, 5.41) is 4.71. The van der Waals surface area contributed by atoms with Crippen LogP contribution in [0.2, 0.25) is 0 Å². The second kappa shape index (κ2) is 7.28. The van der Waals surface area contributed by atoms with Gasteiger partial charge in [-0.3, -0.25) is 4.79 Å². The van der Waals surface area contributed by atoms with E-state index >= 15 is 0 Å². The molecule has 3 N–H and O–H groups in total. The van der Waals surface area contributed by atoms with E-state index in [2.05, 4.69) is 10.1 Å². The van der Waals surface area contributed by atoms with Gasteiger partial charge in [-0.2, -0.15) is 8.78 Å². The number of rotatable bonds is 6. The maximum atomic E-state index is 12.4. The highest BCUT2D eigenvalue weighted by molar-refractivity contribution is 7.10. The topological polar surface area (TPSA) is 73.6 Å². The average Bonchev–Trinajstić information content (AvgIpc) is 3.01. The van der Waals surface area contributed by atoms with E-state index in [1.54, 1.807) is 0 Å². The summed E-state index contributed by atoms with van der Waals surface area (Å²) in [6.07, 6.45) is 0. The summed E-state index contributed by atoms with van der Waals surface area (Å²) in [5.74, 6) is -0.637. The molecule has 1 amide bonds. The molecule has 23 heavy (non-hydrogen) atoms. The van der Waals surface area contributed by atoms with Crippen molar-refractivity contribution in [2.24, 2.45) is 0 Å². The van der Waals surface area contributed by atoms with Gasteiger partial charge < -0.3 is 20.5 Å². The minimum atomic E-state index is -3.01. The van der Waals surface area contributed by atoms with Gasteiger partial charge in [0.1, 0.15) is 0 Å². The molecule has 2 rings (SSSR count). The number of amides is 1. The predicted octanol–water partition coefficient (Wildman–Crippen LogP) is 3.43. The monoisotopic (exact) mass is 342 g/mol. The Hall–Kier alpha value is -2.35. The Labute approximate surface area is 136 Å². The van der Waals surface area contributed by atoms with Crippen molar-refractivity contribution in [2.45, 2.75) is 19.6 Å². The van der Waals surface area contributed by atoms with E-state index in [9.17, 15) is 13.6 Å². The van der Waals surface area contributed by atoms with Crippen molar-refractivity contribution in [3.8, 4) is 11.5 Å². The van der Waals surface area contributed by atoms with Crippen LogP contribution < -0.4 is 20.5 Å². The van der Waals surface area contributed by atoms with Gasteiger partial charge in [0.15, 0.2) is 11.5 Å². The van der Waals surface area contributed by atoms with Gasteiger partial charge in [-0.25, -0.2) is 0 Å². The summed E-state index contributed by atoms with van der Waals surface area (Å²) < 4.78 is 34.0. The largest absolute Gasteiger partial charge is 0.493 e. The lowest BCUT2D eigenvalue weighted by Gasteiger charge is -2.16. The highest BCUT2D eigenvalue weighted by Crippen LogP contribution is 2.33. The van der Waals surface area contributed by atoms with Crippen molar-refractivity contribution in [2.75, 3.05) is 12.8 Å². The van der Waals surface area contributed by atoms with E-state index in [1.165, 1.54) is 24.5 Å². The number of hydrogen-bond donors (Lipinski definition) is 2. The highest BCUT2D eigenvalue weighted by Gasteiger charge is 2.19. The van der Waals surface area contributed by atoms with Gasteiger partial charge in [0, 0.05) is 16.6 Å². The summed E-state index contributed by atoms with van der Waals surface area (Å²) in [7, 11) is 1.29. The molecule has 8 heteroatoms. The molecule has 0 radical (unpaired) electrons. The number of nitrogen functional groups attached to an aromatic ring is 1. The maximum absolute atomic E-state index is 12.4. The Balaban J connectivity index is 2.23. The molecule has 1 aromatic heterocycles. The Morgan fingerprint density at radius 2 is 2.09 bits per heavy atom. The van der Waals surface area contributed by atoms with Crippen LogP contribution >= 0.6 is 11.3 Å². The van der Waals surface area contributed by atoms with Gasteiger partial charge in [-0.05, 0) is 24.4 Å². The summed E-state index contributed by atoms with van der Waals surface area (Å²) >= 11 is 1.52. The fraction of sp³-hybridized carbons (Fsp3) is 0.267. The Morgan fingerprint density at radius 1 is 1.35 bits per heavy atom. The number of nitrogens with two attached hydrogens (primary N) is 1. The molecule has 2 aromatic rings. The normalized spacial score (nSPS) is 12.0. The smallest absolute Gasteiger partial charge is 0.387 e. The first kappa shape index (κ1) is 17.0. The van der Waals surface area contributed by atoms with Crippen LogP contribution in [0.4, 0.5) is 14.5 Å². The molecule has 0 aliphatic rings. The lowest BCUT2D eigenvalue weighted by molar-refractivity contribution is -0.0511. The van der Waals surface area contributed by atoms with Crippen molar-refractivity contribution in [1.29, 1.82) is 0 Å². The molecule has 5 nitrogen and oxygen atoms in total. The van der Waals surface area contributed by atoms with Gasteiger partial charge in [0.2, 0.25) is 0 Å². The third-order valence-corrected chi connectivity index (χ3v) is 4.17. The second-order valence-electron chi connectivity index (χ2n) is 4.68. The number of alkyl halides is 2. The number of benzene rings is 1. The molecule has 0 aliphatic carbocycles. The van der Waals surface area contributed by atoms with E-state index in [4.69, 9.17) is 10.5 Å². The fourth-order valence-electron chi connectivity index (χ4n) is 2.00. The molecular formula is C15H16F2N2O3S. The SMILES string of the molecule is COc1cc(C(=O)NC(C)c2cccs2)c(N)cc1OC(F)F. The predicted molar refractivity (Wildman–Crippen MR) is 84.2 cm³/mol. The molecule has 0 saturated heterocycles. The van der Waals surface area contributed by atoms with Crippen LogP contribution in [0.1, 0.15) is 28.2 Å². The number of anilines is 1. The minimum absolute atomic E-state index is 0.00780. The van der Waals surface area contributed by atoms with Crippen LogP contribution in [0.15, 0.2) is 29.6 Å². The third-order valence-electron chi connectivity index (χ3n) is 3.11. The average molecular weight is 342 g/mol. The zero-order chi connectivity index (χ0) is 17.0. The van der Waals surface area contributed by atoms with E-state index in [1.807, 2.05) is 24.4 Å². The lowest BCUT2D eigenvalue weighted by atomic mass is 10.1.